The summed E-state index contributed by atoms with van der Waals surface area (Å²) in [7, 11) is 0. The third-order valence-electron chi connectivity index (χ3n) is 3.92. The van der Waals surface area contributed by atoms with Gasteiger partial charge in [0.25, 0.3) is 0 Å². The first kappa shape index (κ1) is 19.5. The molecule has 2 aromatic carbocycles. The van der Waals surface area contributed by atoms with Crippen LogP contribution in [0.4, 0.5) is 4.79 Å². The van der Waals surface area contributed by atoms with Gasteiger partial charge in [0.05, 0.1) is 16.5 Å². The van der Waals surface area contributed by atoms with Gasteiger partial charge in [-0.1, -0.05) is 48.2 Å². The molecule has 0 aliphatic rings. The van der Waals surface area contributed by atoms with Crippen molar-refractivity contribution in [2.24, 2.45) is 0 Å². The lowest BCUT2D eigenvalue weighted by Crippen LogP contribution is -2.26. The van der Waals surface area contributed by atoms with E-state index in [0.717, 1.165) is 5.56 Å². The Morgan fingerprint density at radius 2 is 1.86 bits per heavy atom. The lowest BCUT2D eigenvalue weighted by atomic mass is 10.1. The number of benzene rings is 2. The maximum absolute atomic E-state index is 12.7. The van der Waals surface area contributed by atoms with Crippen molar-refractivity contribution in [3.63, 3.8) is 0 Å². The van der Waals surface area contributed by atoms with Gasteiger partial charge in [0.2, 0.25) is 0 Å². The first-order valence-corrected chi connectivity index (χ1v) is 9.03. The second-order valence-electron chi connectivity index (χ2n) is 7.28. The van der Waals surface area contributed by atoms with E-state index in [0.29, 0.717) is 28.8 Å². The van der Waals surface area contributed by atoms with Crippen molar-refractivity contribution in [1.82, 2.24) is 4.57 Å². The number of carbonyl (C=O) groups excluding carboxylic acids is 1. The fourth-order valence-electron chi connectivity index (χ4n) is 2.80. The molecule has 0 unspecified atom stereocenters. The van der Waals surface area contributed by atoms with E-state index in [1.807, 2.05) is 69.3 Å². The van der Waals surface area contributed by atoms with Crippen molar-refractivity contribution in [3.8, 4) is 17.6 Å². The number of rotatable bonds is 3. The first-order valence-electron chi connectivity index (χ1n) is 9.03. The topological polar surface area (TPSA) is 60.7 Å². The van der Waals surface area contributed by atoms with E-state index < -0.39 is 11.7 Å². The van der Waals surface area contributed by atoms with Gasteiger partial charge in [-0.15, -0.1) is 0 Å². The molecule has 0 aliphatic heterocycles. The molecule has 1 aromatic heterocycles. The van der Waals surface area contributed by atoms with Crippen LogP contribution in [0.25, 0.3) is 10.9 Å². The highest BCUT2D eigenvalue weighted by molar-refractivity contribution is 5.97. The van der Waals surface area contributed by atoms with Gasteiger partial charge < -0.3 is 14.6 Å². The smallest absolute Gasteiger partial charge is 0.419 e. The molecule has 0 aliphatic carbocycles. The van der Waals surface area contributed by atoms with Gasteiger partial charge >= 0.3 is 6.09 Å². The summed E-state index contributed by atoms with van der Waals surface area (Å²) in [6.07, 6.45) is 1.13. The highest BCUT2D eigenvalue weighted by Gasteiger charge is 2.22. The summed E-state index contributed by atoms with van der Waals surface area (Å²) in [5.74, 6) is 6.16. The Hall–Kier alpha value is -3.23. The zero-order valence-corrected chi connectivity index (χ0v) is 16.2. The Morgan fingerprint density at radius 3 is 2.54 bits per heavy atom. The van der Waals surface area contributed by atoms with Crippen LogP contribution in [0.2, 0.25) is 0 Å². The van der Waals surface area contributed by atoms with Crippen LogP contribution in [0.5, 0.6) is 5.75 Å². The number of fused-ring (bicyclic) bond motifs is 1. The Morgan fingerprint density at radius 1 is 1.11 bits per heavy atom. The van der Waals surface area contributed by atoms with Crippen molar-refractivity contribution in [2.45, 2.75) is 33.0 Å². The Kier molecular flexibility index (Phi) is 5.72. The van der Waals surface area contributed by atoms with E-state index in [2.05, 4.69) is 11.8 Å². The third-order valence-corrected chi connectivity index (χ3v) is 3.92. The molecule has 0 radical (unpaired) electrons. The normalized spacial score (nSPS) is 11.0. The lowest BCUT2D eigenvalue weighted by molar-refractivity contribution is 0.0544. The molecule has 0 saturated carbocycles. The van der Waals surface area contributed by atoms with E-state index >= 15 is 0 Å². The highest BCUT2D eigenvalue weighted by atomic mass is 16.6. The predicted molar refractivity (Wildman–Crippen MR) is 108 cm³/mol. The zero-order valence-electron chi connectivity index (χ0n) is 16.2. The maximum atomic E-state index is 12.7. The molecule has 0 atom stereocenters. The molecule has 0 bridgehead atoms. The van der Waals surface area contributed by atoms with Crippen molar-refractivity contribution in [2.75, 3.05) is 6.61 Å². The van der Waals surface area contributed by atoms with Gasteiger partial charge in [0.1, 0.15) is 24.6 Å². The zero-order chi connectivity index (χ0) is 20.1. The van der Waals surface area contributed by atoms with Crippen LogP contribution in [-0.2, 0) is 11.3 Å². The maximum Gasteiger partial charge on any atom is 0.419 e. The molecule has 0 spiro atoms. The highest BCUT2D eigenvalue weighted by Crippen LogP contribution is 2.31. The van der Waals surface area contributed by atoms with E-state index in [9.17, 15) is 4.79 Å². The van der Waals surface area contributed by atoms with Crippen LogP contribution in [0, 0.1) is 11.8 Å². The van der Waals surface area contributed by atoms with Crippen molar-refractivity contribution < 1.29 is 19.4 Å². The van der Waals surface area contributed by atoms with E-state index in [1.54, 1.807) is 6.20 Å². The first-order chi connectivity index (χ1) is 13.4. The summed E-state index contributed by atoms with van der Waals surface area (Å²) in [4.78, 5) is 12.7. The minimum absolute atomic E-state index is 0.272. The van der Waals surface area contributed by atoms with Gasteiger partial charge in [-0.2, -0.15) is 0 Å². The average Bonchev–Trinajstić information content (AvgIpc) is 3.04. The van der Waals surface area contributed by atoms with Crippen molar-refractivity contribution in [1.29, 1.82) is 0 Å². The number of carbonyl (C=O) groups is 1. The summed E-state index contributed by atoms with van der Waals surface area (Å²) < 4.78 is 13.0. The van der Waals surface area contributed by atoms with Gasteiger partial charge in [0.15, 0.2) is 0 Å². The van der Waals surface area contributed by atoms with E-state index in [-0.39, 0.29) is 6.61 Å². The van der Waals surface area contributed by atoms with Crippen LogP contribution >= 0.6 is 0 Å². The second kappa shape index (κ2) is 8.20. The molecule has 0 saturated heterocycles. The van der Waals surface area contributed by atoms with Gasteiger partial charge in [-0.3, -0.25) is 4.57 Å². The molecule has 1 N–H and O–H groups in total. The summed E-state index contributed by atoms with van der Waals surface area (Å²) in [5.41, 5.74) is 1.65. The number of aliphatic hydroxyl groups is 1. The molecule has 1 heterocycles. The summed E-state index contributed by atoms with van der Waals surface area (Å²) in [5, 5.41) is 9.80. The standard InChI is InChI=1S/C23H23NO4/c1-23(2,3)28-22(26)24-15-18(11-8-14-25)21-19(24)12-7-13-20(21)27-16-17-9-5-4-6-10-17/h4-7,9-10,12-13,15,25H,14,16H2,1-3H3. The molecule has 144 valence electrons. The van der Waals surface area contributed by atoms with Gasteiger partial charge in [-0.25, -0.2) is 4.79 Å². The Bertz CT molecular complexity index is 1030. The van der Waals surface area contributed by atoms with Crippen LogP contribution in [0.3, 0.4) is 0 Å². The molecule has 3 rings (SSSR count). The second-order valence-corrected chi connectivity index (χ2v) is 7.28. The van der Waals surface area contributed by atoms with Gasteiger partial charge in [0, 0.05) is 6.20 Å². The number of ether oxygens (including phenoxy) is 2. The van der Waals surface area contributed by atoms with Crippen LogP contribution in [-0.4, -0.2) is 28.0 Å². The minimum Gasteiger partial charge on any atom is -0.488 e. The molecule has 0 fully saturated rings. The minimum atomic E-state index is -0.619. The monoisotopic (exact) mass is 377 g/mol. The van der Waals surface area contributed by atoms with E-state index in [1.165, 1.54) is 4.57 Å². The quantitative estimate of drug-likeness (QED) is 0.690. The number of hydrogen-bond donors (Lipinski definition) is 1. The molecule has 5 nitrogen and oxygen atoms in total. The van der Waals surface area contributed by atoms with Crippen LogP contribution in [0.1, 0.15) is 31.9 Å². The van der Waals surface area contributed by atoms with E-state index in [4.69, 9.17) is 14.6 Å². The van der Waals surface area contributed by atoms with Crippen LogP contribution in [0.15, 0.2) is 54.7 Å². The van der Waals surface area contributed by atoms with Crippen molar-refractivity contribution >= 4 is 17.0 Å². The summed E-state index contributed by atoms with van der Waals surface area (Å²) in [6, 6.07) is 15.3. The largest absolute Gasteiger partial charge is 0.488 e. The summed E-state index contributed by atoms with van der Waals surface area (Å²) >= 11 is 0. The van der Waals surface area contributed by atoms with Crippen LogP contribution < -0.4 is 4.74 Å². The SMILES string of the molecule is CC(C)(C)OC(=O)n1cc(C#CCO)c2c(OCc3ccccc3)cccc21. The average molecular weight is 377 g/mol. The predicted octanol–water partition coefficient (Wildman–Crippen LogP) is 4.35. The summed E-state index contributed by atoms with van der Waals surface area (Å²) in [6.45, 7) is 5.57. The number of aliphatic hydroxyl groups excluding tert-OH is 1. The Balaban J connectivity index is 2.04. The number of aromatic nitrogens is 1. The Labute approximate surface area is 164 Å². The fraction of sp³-hybridized carbons (Fsp3) is 0.261. The molecular weight excluding hydrogens is 354 g/mol. The molecule has 5 heteroatoms. The molecule has 0 amide bonds. The number of nitrogens with zero attached hydrogens (tertiary/aromatic N) is 1. The van der Waals surface area contributed by atoms with Crippen molar-refractivity contribution in [3.05, 3.63) is 65.9 Å². The number of hydrogen-bond acceptors (Lipinski definition) is 4. The molecule has 28 heavy (non-hydrogen) atoms. The molecule has 3 aromatic rings. The molecular formula is C23H23NO4. The lowest BCUT2D eigenvalue weighted by Gasteiger charge is -2.19. The van der Waals surface area contributed by atoms with Gasteiger partial charge in [-0.05, 0) is 38.5 Å². The third kappa shape index (κ3) is 4.54. The fourth-order valence-corrected chi connectivity index (χ4v) is 2.80.